The van der Waals surface area contributed by atoms with E-state index in [1.165, 1.54) is 0 Å². The van der Waals surface area contributed by atoms with Crippen LogP contribution in [0.25, 0.3) is 0 Å². The highest BCUT2D eigenvalue weighted by Gasteiger charge is 2.28. The van der Waals surface area contributed by atoms with Gasteiger partial charge in [0.25, 0.3) is 0 Å². The van der Waals surface area contributed by atoms with Gasteiger partial charge in [-0.25, -0.2) is 0 Å². The number of hydrogen-bond donors (Lipinski definition) is 1. The Bertz CT molecular complexity index is 302. The number of ether oxygens (including phenoxy) is 1. The summed E-state index contributed by atoms with van der Waals surface area (Å²) in [6.07, 6.45) is 1.13. The molecule has 1 atom stereocenters. The SMILES string of the molecule is COC(C)(C)CCN1C(=O)CNC(=O)CC1C. The topological polar surface area (TPSA) is 58.6 Å². The third kappa shape index (κ3) is 4.00. The smallest absolute Gasteiger partial charge is 0.242 e. The van der Waals surface area contributed by atoms with Crippen LogP contribution in [0.15, 0.2) is 0 Å². The first-order valence-electron chi connectivity index (χ1n) is 5.97. The van der Waals surface area contributed by atoms with Gasteiger partial charge < -0.3 is 15.0 Å². The van der Waals surface area contributed by atoms with Gasteiger partial charge in [0.15, 0.2) is 0 Å². The summed E-state index contributed by atoms with van der Waals surface area (Å²) in [7, 11) is 1.67. The molecule has 98 valence electrons. The van der Waals surface area contributed by atoms with E-state index in [-0.39, 0.29) is 30.0 Å². The third-order valence-electron chi connectivity index (χ3n) is 3.28. The number of hydrogen-bond acceptors (Lipinski definition) is 3. The Morgan fingerprint density at radius 3 is 2.71 bits per heavy atom. The van der Waals surface area contributed by atoms with Crippen LogP contribution >= 0.6 is 0 Å². The number of amides is 2. The van der Waals surface area contributed by atoms with Crippen LogP contribution in [0.3, 0.4) is 0 Å². The maximum atomic E-state index is 11.8. The summed E-state index contributed by atoms with van der Waals surface area (Å²) in [5, 5.41) is 2.60. The number of rotatable bonds is 4. The Kier molecular flexibility index (Phi) is 4.51. The minimum absolute atomic E-state index is 0.0183. The molecule has 1 aliphatic rings. The van der Waals surface area contributed by atoms with Gasteiger partial charge >= 0.3 is 0 Å². The molecule has 0 radical (unpaired) electrons. The number of carbonyl (C=O) groups is 2. The summed E-state index contributed by atoms with van der Waals surface area (Å²) in [6, 6.07) is -0.0438. The molecule has 1 unspecified atom stereocenters. The van der Waals surface area contributed by atoms with Crippen molar-refractivity contribution in [3.8, 4) is 0 Å². The van der Waals surface area contributed by atoms with Crippen molar-refractivity contribution >= 4 is 11.8 Å². The van der Waals surface area contributed by atoms with Crippen molar-refractivity contribution in [3.63, 3.8) is 0 Å². The van der Waals surface area contributed by atoms with Gasteiger partial charge in [0.05, 0.1) is 12.1 Å². The fourth-order valence-corrected chi connectivity index (χ4v) is 1.81. The molecule has 0 saturated carbocycles. The van der Waals surface area contributed by atoms with E-state index in [2.05, 4.69) is 5.32 Å². The van der Waals surface area contributed by atoms with Gasteiger partial charge in [0, 0.05) is 26.1 Å². The van der Waals surface area contributed by atoms with E-state index >= 15 is 0 Å². The Labute approximate surface area is 102 Å². The van der Waals surface area contributed by atoms with Gasteiger partial charge in [-0.1, -0.05) is 0 Å². The second kappa shape index (κ2) is 5.49. The fraction of sp³-hybridized carbons (Fsp3) is 0.833. The maximum absolute atomic E-state index is 11.8. The predicted molar refractivity (Wildman–Crippen MR) is 64.5 cm³/mol. The van der Waals surface area contributed by atoms with Crippen LogP contribution in [0.5, 0.6) is 0 Å². The lowest BCUT2D eigenvalue weighted by atomic mass is 10.0. The van der Waals surface area contributed by atoms with Crippen molar-refractivity contribution in [2.45, 2.75) is 45.3 Å². The molecule has 0 aliphatic carbocycles. The van der Waals surface area contributed by atoms with Crippen molar-refractivity contribution < 1.29 is 14.3 Å². The molecule has 0 bridgehead atoms. The van der Waals surface area contributed by atoms with Crippen LogP contribution in [0, 0.1) is 0 Å². The molecule has 1 saturated heterocycles. The molecule has 1 fully saturated rings. The van der Waals surface area contributed by atoms with E-state index in [1.807, 2.05) is 20.8 Å². The zero-order chi connectivity index (χ0) is 13.1. The first-order chi connectivity index (χ1) is 7.85. The van der Waals surface area contributed by atoms with Crippen LogP contribution in [0.1, 0.15) is 33.6 Å². The van der Waals surface area contributed by atoms with E-state index in [4.69, 9.17) is 4.74 Å². The number of nitrogens with zero attached hydrogens (tertiary/aromatic N) is 1. The first kappa shape index (κ1) is 14.0. The summed E-state index contributed by atoms with van der Waals surface area (Å²) >= 11 is 0. The number of methoxy groups -OCH3 is 1. The molecule has 1 N–H and O–H groups in total. The van der Waals surface area contributed by atoms with Crippen molar-refractivity contribution in [3.05, 3.63) is 0 Å². The van der Waals surface area contributed by atoms with E-state index in [0.717, 1.165) is 6.42 Å². The molecule has 1 heterocycles. The monoisotopic (exact) mass is 242 g/mol. The lowest BCUT2D eigenvalue weighted by Gasteiger charge is -2.30. The van der Waals surface area contributed by atoms with Crippen LogP contribution in [-0.2, 0) is 14.3 Å². The standard InChI is InChI=1S/C12H22N2O3/c1-9-7-10(15)13-8-11(16)14(9)6-5-12(2,3)17-4/h9H,5-8H2,1-4H3,(H,13,15). The highest BCUT2D eigenvalue weighted by atomic mass is 16.5. The normalized spacial score (nSPS) is 22.4. The molecule has 1 aliphatic heterocycles. The zero-order valence-electron chi connectivity index (χ0n) is 11.1. The Balaban J connectivity index is 2.61. The van der Waals surface area contributed by atoms with Crippen LogP contribution in [-0.4, -0.2) is 48.6 Å². The molecule has 0 aromatic carbocycles. The lowest BCUT2D eigenvalue weighted by Crippen LogP contribution is -2.42. The summed E-state index contributed by atoms with van der Waals surface area (Å²) in [5.74, 6) is -0.0744. The Hall–Kier alpha value is -1.10. The van der Waals surface area contributed by atoms with Crippen molar-refractivity contribution in [1.82, 2.24) is 10.2 Å². The van der Waals surface area contributed by atoms with Crippen LogP contribution in [0.2, 0.25) is 0 Å². The minimum atomic E-state index is -0.246. The second-order valence-corrected chi connectivity index (χ2v) is 5.13. The van der Waals surface area contributed by atoms with Gasteiger partial charge in [-0.15, -0.1) is 0 Å². The molecule has 2 amide bonds. The fourth-order valence-electron chi connectivity index (χ4n) is 1.81. The van der Waals surface area contributed by atoms with Gasteiger partial charge in [0.2, 0.25) is 11.8 Å². The quantitative estimate of drug-likeness (QED) is 0.782. The Morgan fingerprint density at radius 1 is 1.47 bits per heavy atom. The largest absolute Gasteiger partial charge is 0.379 e. The zero-order valence-corrected chi connectivity index (χ0v) is 11.1. The molecule has 1 rings (SSSR count). The van der Waals surface area contributed by atoms with Crippen molar-refractivity contribution in [1.29, 1.82) is 0 Å². The average molecular weight is 242 g/mol. The molecular weight excluding hydrogens is 220 g/mol. The highest BCUT2D eigenvalue weighted by molar-refractivity contribution is 5.87. The molecular formula is C12H22N2O3. The van der Waals surface area contributed by atoms with Crippen molar-refractivity contribution in [2.24, 2.45) is 0 Å². The van der Waals surface area contributed by atoms with Gasteiger partial charge in [-0.05, 0) is 27.2 Å². The molecule has 5 heteroatoms. The van der Waals surface area contributed by atoms with Crippen LogP contribution < -0.4 is 5.32 Å². The molecule has 17 heavy (non-hydrogen) atoms. The van der Waals surface area contributed by atoms with E-state index in [9.17, 15) is 9.59 Å². The van der Waals surface area contributed by atoms with Gasteiger partial charge in [0.1, 0.15) is 0 Å². The summed E-state index contributed by atoms with van der Waals surface area (Å²) in [4.78, 5) is 24.9. The third-order valence-corrected chi connectivity index (χ3v) is 3.28. The van der Waals surface area contributed by atoms with Gasteiger partial charge in [-0.2, -0.15) is 0 Å². The van der Waals surface area contributed by atoms with E-state index in [0.29, 0.717) is 13.0 Å². The first-order valence-corrected chi connectivity index (χ1v) is 5.97. The minimum Gasteiger partial charge on any atom is -0.379 e. The predicted octanol–water partition coefficient (Wildman–Crippen LogP) is 0.539. The van der Waals surface area contributed by atoms with Crippen LogP contribution in [0.4, 0.5) is 0 Å². The number of nitrogens with one attached hydrogen (secondary N) is 1. The summed E-state index contributed by atoms with van der Waals surface area (Å²) in [5.41, 5.74) is -0.246. The maximum Gasteiger partial charge on any atom is 0.242 e. The van der Waals surface area contributed by atoms with Crippen molar-refractivity contribution in [2.75, 3.05) is 20.2 Å². The molecule has 0 aromatic heterocycles. The molecule has 0 aromatic rings. The Morgan fingerprint density at radius 2 is 2.12 bits per heavy atom. The molecule has 5 nitrogen and oxygen atoms in total. The second-order valence-electron chi connectivity index (χ2n) is 5.13. The molecule has 0 spiro atoms. The van der Waals surface area contributed by atoms with E-state index < -0.39 is 0 Å². The summed E-state index contributed by atoms with van der Waals surface area (Å²) in [6.45, 7) is 6.61. The lowest BCUT2D eigenvalue weighted by molar-refractivity contribution is -0.132. The number of carbonyl (C=O) groups excluding carboxylic acids is 2. The highest BCUT2D eigenvalue weighted by Crippen LogP contribution is 2.16. The van der Waals surface area contributed by atoms with Gasteiger partial charge in [-0.3, -0.25) is 9.59 Å². The average Bonchev–Trinajstić information content (AvgIpc) is 2.37. The van der Waals surface area contributed by atoms with E-state index in [1.54, 1.807) is 12.0 Å². The summed E-state index contributed by atoms with van der Waals surface area (Å²) < 4.78 is 5.33.